The number of benzene rings is 1. The van der Waals surface area contributed by atoms with Gasteiger partial charge in [-0.3, -0.25) is 0 Å². The van der Waals surface area contributed by atoms with Crippen molar-refractivity contribution < 1.29 is 14.3 Å². The third-order valence-electron chi connectivity index (χ3n) is 4.08. The number of amides is 2. The van der Waals surface area contributed by atoms with E-state index in [-0.39, 0.29) is 6.03 Å². The molecule has 0 aliphatic heterocycles. The monoisotopic (exact) mass is 320 g/mol. The molecule has 1 aromatic rings. The Hall–Kier alpha value is -1.91. The van der Waals surface area contributed by atoms with Crippen molar-refractivity contribution in [3.8, 4) is 11.5 Å². The lowest BCUT2D eigenvalue weighted by Gasteiger charge is -2.21. The molecule has 2 rings (SSSR count). The molecule has 2 N–H and O–H groups in total. The van der Waals surface area contributed by atoms with E-state index in [1.807, 2.05) is 26.0 Å². The molecule has 0 unspecified atom stereocenters. The lowest BCUT2D eigenvalue weighted by atomic mass is 9.89. The lowest BCUT2D eigenvalue weighted by molar-refractivity contribution is 0.247. The molecular weight excluding hydrogens is 292 g/mol. The molecule has 0 radical (unpaired) electrons. The minimum atomic E-state index is -0.165. The Morgan fingerprint density at radius 1 is 1.09 bits per heavy atom. The minimum absolute atomic E-state index is 0.165. The standard InChI is InChI=1S/C18H28N2O3/c1-3-22-16-11-10-15(12-17(16)23-4-2)20-18(21)19-13-14-8-6-5-7-9-14/h10-12,14H,3-9,13H2,1-2H3,(H2,19,20,21). The highest BCUT2D eigenvalue weighted by Gasteiger charge is 2.14. The summed E-state index contributed by atoms with van der Waals surface area (Å²) in [6.45, 7) is 5.74. The van der Waals surface area contributed by atoms with Gasteiger partial charge in [0.2, 0.25) is 0 Å². The second-order valence-electron chi connectivity index (χ2n) is 5.87. The van der Waals surface area contributed by atoms with E-state index >= 15 is 0 Å². The smallest absolute Gasteiger partial charge is 0.319 e. The molecular formula is C18H28N2O3. The Bertz CT molecular complexity index is 499. The molecule has 0 heterocycles. The van der Waals surface area contributed by atoms with Crippen molar-refractivity contribution in [3.05, 3.63) is 18.2 Å². The third kappa shape index (κ3) is 5.66. The van der Waals surface area contributed by atoms with Crippen LogP contribution in [-0.4, -0.2) is 25.8 Å². The quantitative estimate of drug-likeness (QED) is 0.792. The van der Waals surface area contributed by atoms with E-state index in [1.54, 1.807) is 6.07 Å². The average molecular weight is 320 g/mol. The van der Waals surface area contributed by atoms with Gasteiger partial charge in [-0.15, -0.1) is 0 Å². The molecule has 0 aromatic heterocycles. The number of nitrogens with one attached hydrogen (secondary N) is 2. The summed E-state index contributed by atoms with van der Waals surface area (Å²) in [5.41, 5.74) is 0.707. The zero-order valence-corrected chi connectivity index (χ0v) is 14.2. The van der Waals surface area contributed by atoms with E-state index in [4.69, 9.17) is 9.47 Å². The molecule has 1 fully saturated rings. The van der Waals surface area contributed by atoms with Crippen molar-refractivity contribution in [2.75, 3.05) is 25.1 Å². The second-order valence-corrected chi connectivity index (χ2v) is 5.87. The third-order valence-corrected chi connectivity index (χ3v) is 4.08. The number of urea groups is 1. The molecule has 0 bridgehead atoms. The van der Waals surface area contributed by atoms with E-state index in [9.17, 15) is 4.79 Å². The van der Waals surface area contributed by atoms with Crippen LogP contribution in [0.1, 0.15) is 46.0 Å². The van der Waals surface area contributed by atoms with Crippen LogP contribution in [0.2, 0.25) is 0 Å². The van der Waals surface area contributed by atoms with Gasteiger partial charge in [0, 0.05) is 18.3 Å². The second kappa shape index (κ2) is 9.28. The Morgan fingerprint density at radius 2 is 1.78 bits per heavy atom. The first-order chi connectivity index (χ1) is 11.2. The van der Waals surface area contributed by atoms with Gasteiger partial charge in [-0.2, -0.15) is 0 Å². The van der Waals surface area contributed by atoms with E-state index in [0.717, 1.165) is 6.54 Å². The van der Waals surface area contributed by atoms with Gasteiger partial charge in [0.1, 0.15) is 0 Å². The number of anilines is 1. The van der Waals surface area contributed by atoms with Crippen LogP contribution in [0.15, 0.2) is 18.2 Å². The van der Waals surface area contributed by atoms with Gasteiger partial charge in [-0.05, 0) is 44.7 Å². The maximum atomic E-state index is 12.0. The van der Waals surface area contributed by atoms with E-state index < -0.39 is 0 Å². The molecule has 1 saturated carbocycles. The van der Waals surface area contributed by atoms with Crippen LogP contribution < -0.4 is 20.1 Å². The SMILES string of the molecule is CCOc1ccc(NC(=O)NCC2CCCCC2)cc1OCC. The van der Waals surface area contributed by atoms with Crippen molar-refractivity contribution in [2.24, 2.45) is 5.92 Å². The van der Waals surface area contributed by atoms with Crippen molar-refractivity contribution >= 4 is 11.7 Å². The summed E-state index contributed by atoms with van der Waals surface area (Å²) in [6, 6.07) is 5.29. The van der Waals surface area contributed by atoms with Crippen LogP contribution in [0.4, 0.5) is 10.5 Å². The number of ether oxygens (including phenoxy) is 2. The lowest BCUT2D eigenvalue weighted by Crippen LogP contribution is -2.33. The molecule has 2 amide bonds. The number of hydrogen-bond acceptors (Lipinski definition) is 3. The molecule has 1 aliphatic rings. The highest BCUT2D eigenvalue weighted by Crippen LogP contribution is 2.30. The molecule has 5 nitrogen and oxygen atoms in total. The van der Waals surface area contributed by atoms with Gasteiger partial charge >= 0.3 is 6.03 Å². The summed E-state index contributed by atoms with van der Waals surface area (Å²) in [7, 11) is 0. The predicted octanol–water partition coefficient (Wildman–Crippen LogP) is 4.19. The van der Waals surface area contributed by atoms with E-state index in [0.29, 0.717) is 36.3 Å². The summed E-state index contributed by atoms with van der Waals surface area (Å²) in [5, 5.41) is 5.83. The molecule has 0 atom stereocenters. The van der Waals surface area contributed by atoms with E-state index in [1.165, 1.54) is 32.1 Å². The van der Waals surface area contributed by atoms with Crippen molar-refractivity contribution in [2.45, 2.75) is 46.0 Å². The summed E-state index contributed by atoms with van der Waals surface area (Å²) in [4.78, 5) is 12.0. The maximum Gasteiger partial charge on any atom is 0.319 e. The Balaban J connectivity index is 1.87. The first kappa shape index (κ1) is 17.4. The Morgan fingerprint density at radius 3 is 2.48 bits per heavy atom. The van der Waals surface area contributed by atoms with Crippen molar-refractivity contribution in [1.29, 1.82) is 0 Å². The fourth-order valence-corrected chi connectivity index (χ4v) is 2.93. The number of carbonyl (C=O) groups is 1. The fraction of sp³-hybridized carbons (Fsp3) is 0.611. The first-order valence-corrected chi connectivity index (χ1v) is 8.67. The molecule has 0 spiro atoms. The van der Waals surface area contributed by atoms with Crippen LogP contribution in [0.25, 0.3) is 0 Å². The zero-order chi connectivity index (χ0) is 16.5. The summed E-state index contributed by atoms with van der Waals surface area (Å²) < 4.78 is 11.1. The van der Waals surface area contributed by atoms with Gasteiger partial charge < -0.3 is 20.1 Å². The molecule has 0 saturated heterocycles. The van der Waals surface area contributed by atoms with Gasteiger partial charge in [0.25, 0.3) is 0 Å². The maximum absolute atomic E-state index is 12.0. The van der Waals surface area contributed by atoms with Crippen LogP contribution in [0.5, 0.6) is 11.5 Å². The Kier molecular flexibility index (Phi) is 7.04. The van der Waals surface area contributed by atoms with Crippen LogP contribution in [-0.2, 0) is 0 Å². The predicted molar refractivity (Wildman–Crippen MR) is 92.4 cm³/mol. The first-order valence-electron chi connectivity index (χ1n) is 8.67. The number of hydrogen-bond donors (Lipinski definition) is 2. The van der Waals surface area contributed by atoms with Crippen LogP contribution in [0.3, 0.4) is 0 Å². The minimum Gasteiger partial charge on any atom is -0.490 e. The number of rotatable bonds is 7. The van der Waals surface area contributed by atoms with Gasteiger partial charge in [0.05, 0.1) is 13.2 Å². The van der Waals surface area contributed by atoms with Gasteiger partial charge in [-0.1, -0.05) is 19.3 Å². The largest absolute Gasteiger partial charge is 0.490 e. The summed E-state index contributed by atoms with van der Waals surface area (Å²) >= 11 is 0. The summed E-state index contributed by atoms with van der Waals surface area (Å²) in [6.07, 6.45) is 6.33. The Labute approximate surface area is 138 Å². The molecule has 5 heteroatoms. The van der Waals surface area contributed by atoms with Crippen LogP contribution in [0, 0.1) is 5.92 Å². The molecule has 23 heavy (non-hydrogen) atoms. The summed E-state index contributed by atoms with van der Waals surface area (Å²) in [5.74, 6) is 1.97. The zero-order valence-electron chi connectivity index (χ0n) is 14.2. The normalized spacial score (nSPS) is 15.0. The molecule has 1 aliphatic carbocycles. The van der Waals surface area contributed by atoms with Gasteiger partial charge in [0.15, 0.2) is 11.5 Å². The van der Waals surface area contributed by atoms with Crippen molar-refractivity contribution in [1.82, 2.24) is 5.32 Å². The van der Waals surface area contributed by atoms with Gasteiger partial charge in [-0.25, -0.2) is 4.79 Å². The fourth-order valence-electron chi connectivity index (χ4n) is 2.93. The van der Waals surface area contributed by atoms with E-state index in [2.05, 4.69) is 10.6 Å². The topological polar surface area (TPSA) is 59.6 Å². The number of carbonyl (C=O) groups excluding carboxylic acids is 1. The average Bonchev–Trinajstić information content (AvgIpc) is 2.57. The van der Waals surface area contributed by atoms with Crippen molar-refractivity contribution in [3.63, 3.8) is 0 Å². The highest BCUT2D eigenvalue weighted by atomic mass is 16.5. The molecule has 128 valence electrons. The molecule has 1 aromatic carbocycles. The highest BCUT2D eigenvalue weighted by molar-refractivity contribution is 5.89. The van der Waals surface area contributed by atoms with Crippen LogP contribution >= 0.6 is 0 Å².